The number of rotatable bonds is 2. The maximum absolute atomic E-state index is 11.4. The number of amides is 1. The Labute approximate surface area is 129 Å². The maximum atomic E-state index is 11.4. The van der Waals surface area contributed by atoms with E-state index in [1.807, 2.05) is 19.9 Å². The van der Waals surface area contributed by atoms with Crippen molar-refractivity contribution in [2.24, 2.45) is 4.99 Å². The van der Waals surface area contributed by atoms with E-state index >= 15 is 0 Å². The lowest BCUT2D eigenvalue weighted by molar-refractivity contribution is -0.114. The van der Waals surface area contributed by atoms with Gasteiger partial charge in [-0.25, -0.2) is 0 Å². The molecule has 0 unspecified atom stereocenters. The highest BCUT2D eigenvalue weighted by Gasteiger charge is 2.14. The van der Waals surface area contributed by atoms with Crippen LogP contribution in [-0.2, 0) is 4.79 Å². The lowest BCUT2D eigenvalue weighted by Crippen LogP contribution is -2.26. The van der Waals surface area contributed by atoms with Gasteiger partial charge < -0.3 is 16.0 Å². The normalized spacial score (nSPS) is 13.7. The van der Waals surface area contributed by atoms with Gasteiger partial charge in [0.1, 0.15) is 0 Å². The first kappa shape index (κ1) is 14.3. The molecular formula is C16H19N5O. The molecule has 0 saturated heterocycles. The molecule has 0 fully saturated rings. The third kappa shape index (κ3) is 2.59. The fourth-order valence-electron chi connectivity index (χ4n) is 2.70. The van der Waals surface area contributed by atoms with E-state index in [1.54, 1.807) is 6.20 Å². The van der Waals surface area contributed by atoms with Crippen LogP contribution in [0.5, 0.6) is 0 Å². The lowest BCUT2D eigenvalue weighted by atomic mass is 10.0. The third-order valence-electron chi connectivity index (χ3n) is 3.70. The Kier molecular flexibility index (Phi) is 3.66. The van der Waals surface area contributed by atoms with E-state index in [2.05, 4.69) is 32.0 Å². The van der Waals surface area contributed by atoms with Crippen LogP contribution in [0.3, 0.4) is 0 Å². The molecule has 3 rings (SSSR count). The number of carbonyl (C=O) groups is 1. The van der Waals surface area contributed by atoms with Crippen molar-refractivity contribution in [1.29, 1.82) is 0 Å². The Morgan fingerprint density at radius 3 is 2.82 bits per heavy atom. The molecule has 1 amide bonds. The molecule has 0 aliphatic carbocycles. The lowest BCUT2D eigenvalue weighted by Gasteiger charge is -2.16. The molecule has 114 valence electrons. The van der Waals surface area contributed by atoms with Crippen LogP contribution in [0, 0.1) is 13.8 Å². The van der Waals surface area contributed by atoms with Gasteiger partial charge >= 0.3 is 0 Å². The van der Waals surface area contributed by atoms with Crippen molar-refractivity contribution in [1.82, 2.24) is 10.3 Å². The van der Waals surface area contributed by atoms with E-state index in [4.69, 9.17) is 0 Å². The molecule has 1 aliphatic rings. The van der Waals surface area contributed by atoms with Gasteiger partial charge in [-0.1, -0.05) is 0 Å². The van der Waals surface area contributed by atoms with Crippen molar-refractivity contribution in [3.05, 3.63) is 29.5 Å². The van der Waals surface area contributed by atoms with Crippen molar-refractivity contribution < 1.29 is 4.79 Å². The minimum atomic E-state index is -0.0928. The fourth-order valence-corrected chi connectivity index (χ4v) is 2.70. The molecule has 1 aromatic carbocycles. The first-order chi connectivity index (χ1) is 10.6. The van der Waals surface area contributed by atoms with E-state index in [1.165, 1.54) is 6.92 Å². The average Bonchev–Trinajstić information content (AvgIpc) is 2.97. The van der Waals surface area contributed by atoms with Gasteiger partial charge in [0.15, 0.2) is 5.96 Å². The van der Waals surface area contributed by atoms with Gasteiger partial charge in [-0.05, 0) is 37.1 Å². The first-order valence-electron chi connectivity index (χ1n) is 7.28. The zero-order valence-electron chi connectivity index (χ0n) is 12.9. The fraction of sp³-hybridized carbons (Fsp3) is 0.312. The van der Waals surface area contributed by atoms with Crippen molar-refractivity contribution in [2.45, 2.75) is 20.8 Å². The molecule has 0 atom stereocenters. The molecule has 6 heteroatoms. The Morgan fingerprint density at radius 1 is 1.32 bits per heavy atom. The molecular weight excluding hydrogens is 278 g/mol. The minimum Gasteiger partial charge on any atom is -0.354 e. The monoisotopic (exact) mass is 297 g/mol. The summed E-state index contributed by atoms with van der Waals surface area (Å²) in [5, 5.41) is 10.4. The number of anilines is 2. The number of aryl methyl sites for hydroxylation is 2. The van der Waals surface area contributed by atoms with Crippen LogP contribution in [-0.4, -0.2) is 29.9 Å². The number of hydrogen-bond donors (Lipinski definition) is 3. The zero-order chi connectivity index (χ0) is 15.7. The molecule has 22 heavy (non-hydrogen) atoms. The number of hydrogen-bond acceptors (Lipinski definition) is 5. The number of aromatic nitrogens is 1. The number of pyridine rings is 1. The molecule has 0 spiro atoms. The molecule has 0 bridgehead atoms. The van der Waals surface area contributed by atoms with Crippen LogP contribution in [0.2, 0.25) is 0 Å². The van der Waals surface area contributed by atoms with E-state index in [-0.39, 0.29) is 5.91 Å². The Balaban J connectivity index is 2.14. The first-order valence-corrected chi connectivity index (χ1v) is 7.28. The average molecular weight is 297 g/mol. The molecule has 1 aromatic heterocycles. The van der Waals surface area contributed by atoms with Crippen LogP contribution in [0.25, 0.3) is 10.9 Å². The summed E-state index contributed by atoms with van der Waals surface area (Å²) >= 11 is 0. The van der Waals surface area contributed by atoms with Gasteiger partial charge in [0.2, 0.25) is 5.91 Å². The van der Waals surface area contributed by atoms with Crippen LogP contribution >= 0.6 is 0 Å². The van der Waals surface area contributed by atoms with E-state index in [0.29, 0.717) is 0 Å². The number of aliphatic imine (C=N–C) groups is 1. The van der Waals surface area contributed by atoms with Gasteiger partial charge in [-0.15, -0.1) is 0 Å². The maximum Gasteiger partial charge on any atom is 0.221 e. The zero-order valence-corrected chi connectivity index (χ0v) is 12.9. The number of nitrogens with one attached hydrogen (secondary N) is 3. The van der Waals surface area contributed by atoms with Crippen LogP contribution < -0.4 is 16.0 Å². The van der Waals surface area contributed by atoms with Gasteiger partial charge in [-0.3, -0.25) is 14.8 Å². The van der Waals surface area contributed by atoms with Gasteiger partial charge in [0.05, 0.1) is 17.7 Å². The quantitative estimate of drug-likeness (QED) is 0.794. The highest BCUT2D eigenvalue weighted by molar-refractivity contribution is 6.06. The van der Waals surface area contributed by atoms with Crippen molar-refractivity contribution in [2.75, 3.05) is 23.7 Å². The van der Waals surface area contributed by atoms with E-state index < -0.39 is 0 Å². The number of carbonyl (C=O) groups excluding carboxylic acids is 1. The molecule has 0 radical (unpaired) electrons. The molecule has 1 aliphatic heterocycles. The third-order valence-corrected chi connectivity index (χ3v) is 3.70. The Morgan fingerprint density at radius 2 is 2.14 bits per heavy atom. The number of nitrogens with zero attached hydrogens (tertiary/aromatic N) is 2. The molecule has 0 saturated carbocycles. The van der Waals surface area contributed by atoms with Gasteiger partial charge in [0, 0.05) is 30.7 Å². The van der Waals surface area contributed by atoms with Crippen molar-refractivity contribution >= 4 is 34.1 Å². The topological polar surface area (TPSA) is 78.4 Å². The van der Waals surface area contributed by atoms with Gasteiger partial charge in [-0.2, -0.15) is 0 Å². The Hall–Kier alpha value is -2.63. The van der Waals surface area contributed by atoms with Crippen molar-refractivity contribution in [3.8, 4) is 0 Å². The minimum absolute atomic E-state index is 0.0928. The molecule has 2 aromatic rings. The smallest absolute Gasteiger partial charge is 0.221 e. The molecule has 2 heterocycles. The number of fused-ring (bicyclic) bond motifs is 1. The summed E-state index contributed by atoms with van der Waals surface area (Å²) in [6.07, 6.45) is 1.72. The summed E-state index contributed by atoms with van der Waals surface area (Å²) in [5.41, 5.74) is 4.74. The summed E-state index contributed by atoms with van der Waals surface area (Å²) in [6.45, 7) is 7.18. The SMILES string of the molecule is CC(=O)Nc1ccnc2c(C)cc(NC3=NCCN3)c(C)c12. The van der Waals surface area contributed by atoms with Crippen LogP contribution in [0.15, 0.2) is 23.3 Å². The second kappa shape index (κ2) is 5.63. The summed E-state index contributed by atoms with van der Waals surface area (Å²) in [4.78, 5) is 20.3. The highest BCUT2D eigenvalue weighted by Crippen LogP contribution is 2.32. The second-order valence-electron chi connectivity index (χ2n) is 5.41. The second-order valence-corrected chi connectivity index (χ2v) is 5.41. The van der Waals surface area contributed by atoms with Crippen LogP contribution in [0.4, 0.5) is 11.4 Å². The largest absolute Gasteiger partial charge is 0.354 e. The summed E-state index contributed by atoms with van der Waals surface area (Å²) in [5.74, 6) is 0.691. The van der Waals surface area contributed by atoms with E-state index in [9.17, 15) is 4.79 Å². The molecule has 3 N–H and O–H groups in total. The summed E-state index contributed by atoms with van der Waals surface area (Å²) < 4.78 is 0. The van der Waals surface area contributed by atoms with Crippen LogP contribution in [0.1, 0.15) is 18.1 Å². The standard InChI is InChI=1S/C16H19N5O/c1-9-8-13(21-16-18-6-7-19-16)10(2)14-12(20-11(3)22)4-5-17-15(9)14/h4-5,8H,6-7H2,1-3H3,(H,17,20,22)(H2,18,19,21). The predicted octanol–water partition coefficient (Wildman–Crippen LogP) is 2.18. The van der Waals surface area contributed by atoms with E-state index in [0.717, 1.165) is 52.5 Å². The number of guanidine groups is 1. The Bertz CT molecular complexity index is 782. The van der Waals surface area contributed by atoms with Crippen molar-refractivity contribution in [3.63, 3.8) is 0 Å². The molecule has 6 nitrogen and oxygen atoms in total. The highest BCUT2D eigenvalue weighted by atomic mass is 16.1. The summed E-state index contributed by atoms with van der Waals surface area (Å²) in [7, 11) is 0. The summed E-state index contributed by atoms with van der Waals surface area (Å²) in [6, 6.07) is 3.88. The van der Waals surface area contributed by atoms with Gasteiger partial charge in [0.25, 0.3) is 0 Å². The number of benzene rings is 1. The predicted molar refractivity (Wildman–Crippen MR) is 89.4 cm³/mol.